The number of nitrogens with zero attached hydrogens (tertiary/aromatic N) is 2. The Labute approximate surface area is 203 Å². The summed E-state index contributed by atoms with van der Waals surface area (Å²) in [6.07, 6.45) is -3.71. The van der Waals surface area contributed by atoms with Gasteiger partial charge in [-0.2, -0.15) is 4.31 Å². The van der Waals surface area contributed by atoms with E-state index in [4.69, 9.17) is 0 Å². The van der Waals surface area contributed by atoms with Crippen molar-refractivity contribution in [1.29, 1.82) is 0 Å². The average molecular weight is 525 g/mol. The molecule has 0 bridgehead atoms. The first-order valence-electron chi connectivity index (χ1n) is 10.8. The molecule has 0 unspecified atom stereocenters. The SMILES string of the molecule is O=C(NCc1cc(-c2ccc(C(F)F)cc2)c(F)cn1)[C@H]1C[C@@H](F)CN1S(=O)(=O)c1ccc(F)cc1. The van der Waals surface area contributed by atoms with E-state index < -0.39 is 52.7 Å². The number of pyridine rings is 1. The minimum Gasteiger partial charge on any atom is -0.349 e. The van der Waals surface area contributed by atoms with Crippen LogP contribution in [0.15, 0.2) is 65.7 Å². The van der Waals surface area contributed by atoms with Gasteiger partial charge in [-0.1, -0.05) is 24.3 Å². The molecule has 1 aliphatic rings. The van der Waals surface area contributed by atoms with Crippen LogP contribution in [0.4, 0.5) is 22.0 Å². The molecule has 0 radical (unpaired) electrons. The molecule has 6 nitrogen and oxygen atoms in total. The summed E-state index contributed by atoms with van der Waals surface area (Å²) in [7, 11) is -4.28. The highest BCUT2D eigenvalue weighted by atomic mass is 32.2. The van der Waals surface area contributed by atoms with Crippen molar-refractivity contribution in [2.75, 3.05) is 6.54 Å². The van der Waals surface area contributed by atoms with E-state index >= 15 is 0 Å². The van der Waals surface area contributed by atoms with E-state index in [1.807, 2.05) is 0 Å². The molecular formula is C24H20F5N3O3S. The highest BCUT2D eigenvalue weighted by molar-refractivity contribution is 7.89. The molecule has 190 valence electrons. The second kappa shape index (κ2) is 10.3. The summed E-state index contributed by atoms with van der Waals surface area (Å²) in [6.45, 7) is -0.759. The van der Waals surface area contributed by atoms with Crippen LogP contribution >= 0.6 is 0 Å². The number of halogens is 5. The fourth-order valence-electron chi connectivity index (χ4n) is 3.91. The van der Waals surface area contributed by atoms with Crippen molar-refractivity contribution in [3.63, 3.8) is 0 Å². The zero-order chi connectivity index (χ0) is 26.0. The molecule has 1 aromatic heterocycles. The molecule has 0 saturated carbocycles. The molecule has 0 aliphatic carbocycles. The smallest absolute Gasteiger partial charge is 0.263 e. The lowest BCUT2D eigenvalue weighted by atomic mass is 10.0. The number of alkyl halides is 3. The van der Waals surface area contributed by atoms with Crippen molar-refractivity contribution in [3.8, 4) is 11.1 Å². The van der Waals surface area contributed by atoms with E-state index in [1.165, 1.54) is 30.3 Å². The summed E-state index contributed by atoms with van der Waals surface area (Å²) >= 11 is 0. The van der Waals surface area contributed by atoms with Crippen LogP contribution in [-0.4, -0.2) is 42.4 Å². The van der Waals surface area contributed by atoms with Gasteiger partial charge in [0.25, 0.3) is 6.43 Å². The summed E-state index contributed by atoms with van der Waals surface area (Å²) in [5, 5.41) is 2.49. The standard InChI is InChI=1S/C24H20F5N3O3S/c25-16-5-7-19(8-6-16)36(34,35)32-13-17(26)9-22(32)24(33)31-11-18-10-20(21(27)12-30-18)14-1-3-15(4-2-14)23(28)29/h1-8,10,12,17,22-23H,9,11,13H2,(H,31,33)/t17-,22-/m1/s1. The third-order valence-corrected chi connectivity index (χ3v) is 7.65. The molecule has 1 amide bonds. The predicted molar refractivity (Wildman–Crippen MR) is 120 cm³/mol. The first kappa shape index (κ1) is 25.7. The lowest BCUT2D eigenvalue weighted by molar-refractivity contribution is -0.124. The normalized spacial score (nSPS) is 18.5. The van der Waals surface area contributed by atoms with E-state index in [2.05, 4.69) is 10.3 Å². The maximum Gasteiger partial charge on any atom is 0.263 e. The third kappa shape index (κ3) is 5.39. The van der Waals surface area contributed by atoms with Crippen LogP contribution in [0.1, 0.15) is 24.1 Å². The highest BCUT2D eigenvalue weighted by Crippen LogP contribution is 2.29. The number of rotatable bonds is 7. The number of carbonyl (C=O) groups is 1. The number of aromatic nitrogens is 1. The van der Waals surface area contributed by atoms with Gasteiger partial charge in [0.2, 0.25) is 15.9 Å². The maximum atomic E-state index is 14.3. The van der Waals surface area contributed by atoms with Crippen molar-refractivity contribution in [2.24, 2.45) is 0 Å². The van der Waals surface area contributed by atoms with E-state index in [0.717, 1.165) is 34.8 Å². The molecule has 4 rings (SSSR count). The van der Waals surface area contributed by atoms with E-state index in [-0.39, 0.29) is 34.7 Å². The van der Waals surface area contributed by atoms with Gasteiger partial charge < -0.3 is 5.32 Å². The molecule has 0 spiro atoms. The minimum absolute atomic E-state index is 0.0697. The monoisotopic (exact) mass is 525 g/mol. The van der Waals surface area contributed by atoms with Gasteiger partial charge in [0, 0.05) is 24.1 Å². The predicted octanol–water partition coefficient (Wildman–Crippen LogP) is 4.38. The zero-order valence-corrected chi connectivity index (χ0v) is 19.4. The Bertz CT molecular complexity index is 1350. The Kier molecular flexibility index (Phi) is 7.36. The molecule has 12 heteroatoms. The number of benzene rings is 2. The average Bonchev–Trinajstić information content (AvgIpc) is 3.26. The number of amides is 1. The molecule has 2 aromatic carbocycles. The minimum atomic E-state index is -4.28. The van der Waals surface area contributed by atoms with Crippen LogP contribution in [0, 0.1) is 11.6 Å². The molecule has 1 saturated heterocycles. The molecule has 36 heavy (non-hydrogen) atoms. The molecule has 1 fully saturated rings. The Morgan fingerprint density at radius 1 is 1.08 bits per heavy atom. The van der Waals surface area contributed by atoms with Gasteiger partial charge in [-0.3, -0.25) is 9.78 Å². The summed E-state index contributed by atoms with van der Waals surface area (Å²) in [5.41, 5.74) is 0.378. The molecule has 2 heterocycles. The summed E-state index contributed by atoms with van der Waals surface area (Å²) in [5.74, 6) is -2.14. The van der Waals surface area contributed by atoms with E-state index in [0.29, 0.717) is 5.56 Å². The second-order valence-electron chi connectivity index (χ2n) is 8.17. The van der Waals surface area contributed by atoms with E-state index in [1.54, 1.807) is 0 Å². The van der Waals surface area contributed by atoms with Crippen molar-refractivity contribution >= 4 is 15.9 Å². The fourth-order valence-corrected chi connectivity index (χ4v) is 5.53. The molecule has 1 N–H and O–H groups in total. The van der Waals surface area contributed by atoms with Crippen LogP contribution in [0.2, 0.25) is 0 Å². The Balaban J connectivity index is 1.49. The number of hydrogen-bond acceptors (Lipinski definition) is 4. The third-order valence-electron chi connectivity index (χ3n) is 5.76. The van der Waals surface area contributed by atoms with Crippen molar-refractivity contribution < 1.29 is 35.2 Å². The number of carbonyl (C=O) groups excluding carboxylic acids is 1. The Hall–Kier alpha value is -3.38. The first-order valence-corrected chi connectivity index (χ1v) is 12.2. The second-order valence-corrected chi connectivity index (χ2v) is 10.1. The highest BCUT2D eigenvalue weighted by Gasteiger charge is 2.44. The van der Waals surface area contributed by atoms with Gasteiger partial charge in [-0.15, -0.1) is 0 Å². The van der Waals surface area contributed by atoms with Crippen molar-refractivity contribution in [3.05, 3.63) is 83.7 Å². The van der Waals surface area contributed by atoms with Crippen LogP contribution in [0.25, 0.3) is 11.1 Å². The summed E-state index contributed by atoms with van der Waals surface area (Å²) in [6, 6.07) is 8.94. The molecule has 1 aliphatic heterocycles. The van der Waals surface area contributed by atoms with Gasteiger partial charge in [0.1, 0.15) is 23.8 Å². The van der Waals surface area contributed by atoms with Gasteiger partial charge in [0.05, 0.1) is 23.3 Å². The van der Waals surface area contributed by atoms with E-state index in [9.17, 15) is 35.2 Å². The fraction of sp³-hybridized carbons (Fsp3) is 0.250. The van der Waals surface area contributed by atoms with Crippen LogP contribution in [-0.2, 0) is 21.4 Å². The van der Waals surface area contributed by atoms with Gasteiger partial charge >= 0.3 is 0 Å². The lowest BCUT2D eigenvalue weighted by Gasteiger charge is -2.23. The molecule has 2 atom stereocenters. The molecule has 3 aromatic rings. The van der Waals surface area contributed by atoms with Gasteiger partial charge in [0.15, 0.2) is 0 Å². The topological polar surface area (TPSA) is 79.4 Å². The Morgan fingerprint density at radius 2 is 1.75 bits per heavy atom. The number of hydrogen-bond donors (Lipinski definition) is 1. The summed E-state index contributed by atoms with van der Waals surface area (Å²) < 4.78 is 93.9. The number of nitrogens with one attached hydrogen (secondary N) is 1. The molecular weight excluding hydrogens is 505 g/mol. The Morgan fingerprint density at radius 3 is 2.39 bits per heavy atom. The van der Waals surface area contributed by atoms with Crippen LogP contribution in [0.5, 0.6) is 0 Å². The van der Waals surface area contributed by atoms with Crippen molar-refractivity contribution in [2.45, 2.75) is 36.5 Å². The van der Waals surface area contributed by atoms with Crippen LogP contribution < -0.4 is 5.32 Å². The first-order chi connectivity index (χ1) is 17.1. The largest absolute Gasteiger partial charge is 0.349 e. The van der Waals surface area contributed by atoms with Crippen LogP contribution in [0.3, 0.4) is 0 Å². The lowest BCUT2D eigenvalue weighted by Crippen LogP contribution is -2.45. The van der Waals surface area contributed by atoms with Crippen molar-refractivity contribution in [1.82, 2.24) is 14.6 Å². The van der Waals surface area contributed by atoms with Gasteiger partial charge in [-0.25, -0.2) is 30.4 Å². The van der Waals surface area contributed by atoms with Gasteiger partial charge in [-0.05, 0) is 35.9 Å². The maximum absolute atomic E-state index is 14.3. The summed E-state index contributed by atoms with van der Waals surface area (Å²) in [4.78, 5) is 16.4. The quantitative estimate of drug-likeness (QED) is 0.465. The number of sulfonamides is 1. The zero-order valence-electron chi connectivity index (χ0n) is 18.5.